The maximum absolute atomic E-state index is 13.4. The van der Waals surface area contributed by atoms with Crippen molar-refractivity contribution < 1.29 is 9.18 Å². The number of nitrogens with two attached hydrogens (primary N) is 1. The van der Waals surface area contributed by atoms with E-state index in [2.05, 4.69) is 26.2 Å². The van der Waals surface area contributed by atoms with E-state index in [4.69, 9.17) is 5.73 Å². The van der Waals surface area contributed by atoms with Crippen LogP contribution in [0.2, 0.25) is 0 Å². The van der Waals surface area contributed by atoms with Crippen LogP contribution in [0.4, 0.5) is 15.8 Å². The van der Waals surface area contributed by atoms with Crippen LogP contribution in [0.15, 0.2) is 41.0 Å². The molecule has 0 saturated carbocycles. The van der Waals surface area contributed by atoms with Crippen LogP contribution in [0.5, 0.6) is 0 Å². The maximum Gasteiger partial charge on any atom is 0.274 e. The van der Waals surface area contributed by atoms with Crippen molar-refractivity contribution in [2.45, 2.75) is 0 Å². The predicted octanol–water partition coefficient (Wildman–Crippen LogP) is 2.82. The minimum Gasteiger partial charge on any atom is -0.399 e. The van der Waals surface area contributed by atoms with Gasteiger partial charge in [-0.15, -0.1) is 0 Å². The maximum atomic E-state index is 13.4. The van der Waals surface area contributed by atoms with Crippen LogP contribution in [-0.2, 0) is 0 Å². The van der Waals surface area contributed by atoms with Gasteiger partial charge in [0.2, 0.25) is 0 Å². The van der Waals surface area contributed by atoms with Crippen molar-refractivity contribution in [2.75, 3.05) is 11.1 Å². The Morgan fingerprint density at radius 3 is 2.78 bits per heavy atom. The van der Waals surface area contributed by atoms with Gasteiger partial charge in [0.15, 0.2) is 0 Å². The summed E-state index contributed by atoms with van der Waals surface area (Å²) >= 11 is 3.21. The van der Waals surface area contributed by atoms with Gasteiger partial charge in [0, 0.05) is 16.4 Å². The Balaban J connectivity index is 2.21. The van der Waals surface area contributed by atoms with Gasteiger partial charge in [-0.3, -0.25) is 4.79 Å². The summed E-state index contributed by atoms with van der Waals surface area (Å²) < 4.78 is 14.2. The second kappa shape index (κ2) is 5.14. The first-order valence-corrected chi connectivity index (χ1v) is 5.83. The number of carbonyl (C=O) groups excluding carboxylic acids is 1. The lowest BCUT2D eigenvalue weighted by Crippen LogP contribution is -2.14. The second-order valence-corrected chi connectivity index (χ2v) is 4.47. The molecule has 0 atom stereocenters. The molecule has 0 bridgehead atoms. The molecule has 4 nitrogen and oxygen atoms in total. The molecule has 1 heterocycles. The lowest BCUT2D eigenvalue weighted by atomic mass is 10.2. The molecule has 18 heavy (non-hydrogen) atoms. The first-order chi connectivity index (χ1) is 8.56. The summed E-state index contributed by atoms with van der Waals surface area (Å²) in [5, 5.41) is 2.42. The first kappa shape index (κ1) is 12.5. The van der Waals surface area contributed by atoms with Crippen molar-refractivity contribution in [1.82, 2.24) is 4.98 Å². The van der Waals surface area contributed by atoms with Crippen LogP contribution in [0.1, 0.15) is 10.5 Å². The zero-order valence-corrected chi connectivity index (χ0v) is 10.7. The first-order valence-electron chi connectivity index (χ1n) is 5.04. The van der Waals surface area contributed by atoms with Crippen molar-refractivity contribution in [3.8, 4) is 0 Å². The molecule has 2 rings (SSSR count). The fraction of sp³-hybridized carbons (Fsp3) is 0. The number of amides is 1. The van der Waals surface area contributed by atoms with Crippen LogP contribution < -0.4 is 11.1 Å². The molecule has 1 amide bonds. The number of nitrogens with one attached hydrogen (secondary N) is 1. The minimum atomic E-state index is -0.547. The Hall–Kier alpha value is -1.95. The van der Waals surface area contributed by atoms with Crippen molar-refractivity contribution in [3.05, 3.63) is 52.5 Å². The van der Waals surface area contributed by atoms with Gasteiger partial charge in [0.05, 0.1) is 5.69 Å². The summed E-state index contributed by atoms with van der Waals surface area (Å²) in [7, 11) is 0. The zero-order valence-electron chi connectivity index (χ0n) is 9.15. The summed E-state index contributed by atoms with van der Waals surface area (Å²) in [6, 6.07) is 7.18. The van der Waals surface area contributed by atoms with E-state index in [0.717, 1.165) is 4.47 Å². The number of aromatic nitrogens is 1. The molecule has 0 aliphatic rings. The van der Waals surface area contributed by atoms with Crippen molar-refractivity contribution in [2.24, 2.45) is 0 Å². The molecule has 1 aromatic heterocycles. The highest BCUT2D eigenvalue weighted by Gasteiger charge is 2.10. The molecule has 0 aliphatic heterocycles. The lowest BCUT2D eigenvalue weighted by Gasteiger charge is -2.06. The van der Waals surface area contributed by atoms with E-state index in [0.29, 0.717) is 5.69 Å². The Labute approximate surface area is 111 Å². The van der Waals surface area contributed by atoms with E-state index < -0.39 is 11.7 Å². The molecule has 3 N–H and O–H groups in total. The van der Waals surface area contributed by atoms with Gasteiger partial charge >= 0.3 is 0 Å². The standard InChI is InChI=1S/C12H9BrFN3O/c13-7-1-4-10(16-6-7)12(18)17-11-5-8(15)2-3-9(11)14/h1-6H,15H2,(H,17,18). The number of hydrogen-bond donors (Lipinski definition) is 2. The number of nitrogens with zero attached hydrogens (tertiary/aromatic N) is 1. The number of rotatable bonds is 2. The van der Waals surface area contributed by atoms with Gasteiger partial charge in [-0.25, -0.2) is 9.37 Å². The third kappa shape index (κ3) is 2.84. The zero-order chi connectivity index (χ0) is 13.1. The fourth-order valence-electron chi connectivity index (χ4n) is 1.34. The van der Waals surface area contributed by atoms with E-state index in [1.54, 1.807) is 6.07 Å². The van der Waals surface area contributed by atoms with Gasteiger partial charge in [-0.05, 0) is 46.3 Å². The van der Waals surface area contributed by atoms with Gasteiger partial charge in [0.25, 0.3) is 5.91 Å². The highest BCUT2D eigenvalue weighted by molar-refractivity contribution is 9.10. The van der Waals surface area contributed by atoms with Gasteiger partial charge < -0.3 is 11.1 Å². The summed E-state index contributed by atoms with van der Waals surface area (Å²) in [5.74, 6) is -1.04. The van der Waals surface area contributed by atoms with E-state index in [-0.39, 0.29) is 11.4 Å². The van der Waals surface area contributed by atoms with Gasteiger partial charge in [-0.2, -0.15) is 0 Å². The predicted molar refractivity (Wildman–Crippen MR) is 70.7 cm³/mol. The molecule has 6 heteroatoms. The van der Waals surface area contributed by atoms with Crippen molar-refractivity contribution in [1.29, 1.82) is 0 Å². The van der Waals surface area contributed by atoms with Crippen LogP contribution in [0, 0.1) is 5.82 Å². The summed E-state index contributed by atoms with van der Waals surface area (Å²) in [5.41, 5.74) is 6.12. The second-order valence-electron chi connectivity index (χ2n) is 3.56. The number of pyridine rings is 1. The molecule has 92 valence electrons. The normalized spacial score (nSPS) is 10.1. The molecule has 0 aliphatic carbocycles. The Morgan fingerprint density at radius 1 is 1.33 bits per heavy atom. The summed E-state index contributed by atoms with van der Waals surface area (Å²) in [4.78, 5) is 15.7. The van der Waals surface area contributed by atoms with Crippen LogP contribution in [-0.4, -0.2) is 10.9 Å². The Kier molecular flexibility index (Phi) is 3.57. The molecule has 2 aromatic rings. The van der Waals surface area contributed by atoms with Crippen molar-refractivity contribution >= 4 is 33.2 Å². The number of anilines is 2. The smallest absolute Gasteiger partial charge is 0.274 e. The molecule has 0 unspecified atom stereocenters. The molecule has 1 aromatic carbocycles. The number of carbonyl (C=O) groups is 1. The van der Waals surface area contributed by atoms with Crippen molar-refractivity contribution in [3.63, 3.8) is 0 Å². The van der Waals surface area contributed by atoms with Gasteiger partial charge in [-0.1, -0.05) is 0 Å². The van der Waals surface area contributed by atoms with Crippen LogP contribution in [0.3, 0.4) is 0 Å². The average molecular weight is 310 g/mol. The monoisotopic (exact) mass is 309 g/mol. The largest absolute Gasteiger partial charge is 0.399 e. The average Bonchev–Trinajstić information content (AvgIpc) is 2.34. The SMILES string of the molecule is Nc1ccc(F)c(NC(=O)c2ccc(Br)cn2)c1. The summed E-state index contributed by atoms with van der Waals surface area (Å²) in [6.07, 6.45) is 1.49. The highest BCUT2D eigenvalue weighted by atomic mass is 79.9. The molecule has 0 spiro atoms. The third-order valence-corrected chi connectivity index (χ3v) is 2.67. The van der Waals surface area contributed by atoms with E-state index in [1.165, 1.54) is 30.5 Å². The van der Waals surface area contributed by atoms with E-state index >= 15 is 0 Å². The quantitative estimate of drug-likeness (QED) is 0.838. The topological polar surface area (TPSA) is 68.0 Å². The molecular weight excluding hydrogens is 301 g/mol. The summed E-state index contributed by atoms with van der Waals surface area (Å²) in [6.45, 7) is 0. The Bertz CT molecular complexity index is 586. The number of nitrogen functional groups attached to an aromatic ring is 1. The molecule has 0 radical (unpaired) electrons. The molecule has 0 saturated heterocycles. The van der Waals surface area contributed by atoms with Gasteiger partial charge in [0.1, 0.15) is 11.5 Å². The molecule has 0 fully saturated rings. The number of benzene rings is 1. The molecular formula is C12H9BrFN3O. The number of hydrogen-bond acceptors (Lipinski definition) is 3. The minimum absolute atomic E-state index is 0.0321. The van der Waals surface area contributed by atoms with Crippen LogP contribution in [0.25, 0.3) is 0 Å². The third-order valence-electron chi connectivity index (χ3n) is 2.20. The highest BCUT2D eigenvalue weighted by Crippen LogP contribution is 2.18. The number of halogens is 2. The van der Waals surface area contributed by atoms with E-state index in [9.17, 15) is 9.18 Å². The lowest BCUT2D eigenvalue weighted by molar-refractivity contribution is 0.102. The fourth-order valence-corrected chi connectivity index (χ4v) is 1.57. The van der Waals surface area contributed by atoms with E-state index in [1.807, 2.05) is 0 Å². The Morgan fingerprint density at radius 2 is 2.11 bits per heavy atom. The van der Waals surface area contributed by atoms with Crippen LogP contribution >= 0.6 is 15.9 Å².